The molecule has 5 nitrogen and oxygen atoms in total. The van der Waals surface area contributed by atoms with E-state index in [0.29, 0.717) is 0 Å². The monoisotopic (exact) mass is 405 g/mol. The van der Waals surface area contributed by atoms with Crippen molar-refractivity contribution in [3.8, 4) is 11.6 Å². The van der Waals surface area contributed by atoms with E-state index < -0.39 is 18.1 Å². The van der Waals surface area contributed by atoms with Gasteiger partial charge in [0.1, 0.15) is 0 Å². The van der Waals surface area contributed by atoms with Crippen molar-refractivity contribution in [1.29, 1.82) is 0 Å². The second-order valence-electron chi connectivity index (χ2n) is 3.47. The maximum absolute atomic E-state index is 12.4. The second-order valence-corrected chi connectivity index (χ2v) is 4.54. The van der Waals surface area contributed by atoms with E-state index in [1.165, 1.54) is 13.3 Å². The quantitative estimate of drug-likeness (QED) is 0.557. The van der Waals surface area contributed by atoms with Crippen LogP contribution in [-0.2, 0) is 16.0 Å². The maximum Gasteiger partial charge on any atom is 0.573 e. The van der Waals surface area contributed by atoms with Crippen LogP contribution < -0.4 is 9.47 Å². The fourth-order valence-corrected chi connectivity index (χ4v) is 2.00. The Kier molecular flexibility index (Phi) is 5.84. The van der Waals surface area contributed by atoms with Crippen LogP contribution in [0.4, 0.5) is 13.2 Å². The summed E-state index contributed by atoms with van der Waals surface area (Å²) in [5.74, 6) is -1.43. The van der Waals surface area contributed by atoms with Gasteiger partial charge in [-0.15, -0.1) is 13.2 Å². The Morgan fingerprint density at radius 1 is 1.45 bits per heavy atom. The van der Waals surface area contributed by atoms with Crippen LogP contribution in [0.25, 0.3) is 0 Å². The summed E-state index contributed by atoms with van der Waals surface area (Å²) in [5, 5.41) is 0. The van der Waals surface area contributed by atoms with Crippen LogP contribution in [0.3, 0.4) is 0 Å². The zero-order valence-electron chi connectivity index (χ0n) is 10.6. The van der Waals surface area contributed by atoms with E-state index in [4.69, 9.17) is 9.47 Å². The fourth-order valence-electron chi connectivity index (χ4n) is 1.33. The van der Waals surface area contributed by atoms with Crippen molar-refractivity contribution in [2.45, 2.75) is 19.7 Å². The summed E-state index contributed by atoms with van der Waals surface area (Å²) in [6.45, 7) is 1.82. The molecule has 0 N–H and O–H groups in total. The number of pyridine rings is 1. The molecule has 0 aromatic carbocycles. The summed E-state index contributed by atoms with van der Waals surface area (Å²) in [6.07, 6.45) is -3.82. The van der Waals surface area contributed by atoms with Gasteiger partial charge >= 0.3 is 12.3 Å². The molecule has 0 spiro atoms. The van der Waals surface area contributed by atoms with Gasteiger partial charge < -0.3 is 14.2 Å². The number of aromatic nitrogens is 1. The van der Waals surface area contributed by atoms with E-state index in [2.05, 4.69) is 9.72 Å². The molecule has 1 rings (SSSR count). The van der Waals surface area contributed by atoms with Crippen molar-refractivity contribution in [1.82, 2.24) is 4.98 Å². The van der Waals surface area contributed by atoms with E-state index in [-0.39, 0.29) is 28.0 Å². The number of carbonyl (C=O) groups is 1. The lowest BCUT2D eigenvalue weighted by Gasteiger charge is -2.15. The van der Waals surface area contributed by atoms with Crippen LogP contribution in [0, 0.1) is 3.57 Å². The summed E-state index contributed by atoms with van der Waals surface area (Å²) in [5.41, 5.74) is 0.268. The molecule has 0 bridgehead atoms. The summed E-state index contributed by atoms with van der Waals surface area (Å²) < 4.78 is 50.5. The molecule has 20 heavy (non-hydrogen) atoms. The standard InChI is InChI=1S/C11H11F3INO4/c1-3-19-7(17)4-6-5-16-10(18-2)9(8(6)15)20-11(12,13)14/h5H,3-4H2,1-2H3. The first-order valence-corrected chi connectivity index (χ1v) is 6.49. The van der Waals surface area contributed by atoms with Crippen molar-refractivity contribution >= 4 is 28.6 Å². The van der Waals surface area contributed by atoms with Crippen LogP contribution in [0.15, 0.2) is 6.20 Å². The van der Waals surface area contributed by atoms with Crippen molar-refractivity contribution in [3.05, 3.63) is 15.3 Å². The van der Waals surface area contributed by atoms with Crippen molar-refractivity contribution in [2.24, 2.45) is 0 Å². The van der Waals surface area contributed by atoms with Crippen LogP contribution in [0.5, 0.6) is 11.6 Å². The first-order chi connectivity index (χ1) is 9.28. The van der Waals surface area contributed by atoms with Crippen LogP contribution >= 0.6 is 22.6 Å². The summed E-state index contributed by atoms with van der Waals surface area (Å²) in [7, 11) is 1.17. The topological polar surface area (TPSA) is 57.7 Å². The highest BCUT2D eigenvalue weighted by Crippen LogP contribution is 2.36. The molecule has 0 aliphatic heterocycles. The van der Waals surface area contributed by atoms with Gasteiger partial charge in [0.05, 0.1) is 23.7 Å². The molecule has 0 unspecified atom stereocenters. The smallest absolute Gasteiger partial charge is 0.478 e. The number of ether oxygens (including phenoxy) is 3. The zero-order valence-corrected chi connectivity index (χ0v) is 12.7. The highest BCUT2D eigenvalue weighted by atomic mass is 127. The average Bonchev–Trinajstić information content (AvgIpc) is 2.33. The Balaban J connectivity index is 3.11. The zero-order chi connectivity index (χ0) is 15.3. The Morgan fingerprint density at radius 3 is 2.60 bits per heavy atom. The minimum Gasteiger partial charge on any atom is -0.478 e. The van der Waals surface area contributed by atoms with Crippen LogP contribution in [-0.4, -0.2) is 31.0 Å². The fraction of sp³-hybridized carbons (Fsp3) is 0.455. The van der Waals surface area contributed by atoms with E-state index in [1.54, 1.807) is 29.5 Å². The van der Waals surface area contributed by atoms with Gasteiger partial charge in [0.25, 0.3) is 5.88 Å². The lowest BCUT2D eigenvalue weighted by molar-refractivity contribution is -0.275. The molecule has 9 heteroatoms. The number of hydrogen-bond donors (Lipinski definition) is 0. The molecule has 112 valence electrons. The number of rotatable bonds is 5. The number of nitrogens with zero attached hydrogens (tertiary/aromatic N) is 1. The van der Waals surface area contributed by atoms with Gasteiger partial charge in [-0.25, -0.2) is 4.98 Å². The normalized spacial score (nSPS) is 11.1. The van der Waals surface area contributed by atoms with Gasteiger partial charge in [-0.2, -0.15) is 0 Å². The molecule has 0 aliphatic rings. The van der Waals surface area contributed by atoms with Gasteiger partial charge in [0.2, 0.25) is 5.75 Å². The molecule has 0 radical (unpaired) electrons. The third kappa shape index (κ3) is 4.69. The first-order valence-electron chi connectivity index (χ1n) is 5.41. The average molecular weight is 405 g/mol. The molecular formula is C11H11F3INO4. The number of alkyl halides is 3. The van der Waals surface area contributed by atoms with E-state index in [1.807, 2.05) is 0 Å². The van der Waals surface area contributed by atoms with Crippen molar-refractivity contribution < 1.29 is 32.2 Å². The third-order valence-electron chi connectivity index (χ3n) is 2.06. The number of methoxy groups -OCH3 is 1. The number of halogens is 4. The van der Waals surface area contributed by atoms with Gasteiger partial charge in [0, 0.05) is 6.20 Å². The molecule has 0 saturated carbocycles. The highest BCUT2D eigenvalue weighted by Gasteiger charge is 2.34. The highest BCUT2D eigenvalue weighted by molar-refractivity contribution is 14.1. The predicted octanol–water partition coefficient (Wildman–Crippen LogP) is 2.70. The van der Waals surface area contributed by atoms with Crippen LogP contribution in [0.2, 0.25) is 0 Å². The molecular weight excluding hydrogens is 394 g/mol. The van der Waals surface area contributed by atoms with Gasteiger partial charge in [-0.1, -0.05) is 0 Å². The van der Waals surface area contributed by atoms with Crippen molar-refractivity contribution in [2.75, 3.05) is 13.7 Å². The molecule has 0 atom stereocenters. The maximum atomic E-state index is 12.4. The molecule has 0 saturated heterocycles. The van der Waals surface area contributed by atoms with Crippen molar-refractivity contribution in [3.63, 3.8) is 0 Å². The second kappa shape index (κ2) is 6.95. The molecule has 0 amide bonds. The lowest BCUT2D eigenvalue weighted by atomic mass is 10.2. The van der Waals surface area contributed by atoms with E-state index in [9.17, 15) is 18.0 Å². The Morgan fingerprint density at radius 2 is 2.10 bits per heavy atom. The SMILES string of the molecule is CCOC(=O)Cc1cnc(OC)c(OC(F)(F)F)c1I. The Hall–Kier alpha value is -1.26. The van der Waals surface area contributed by atoms with E-state index in [0.717, 1.165) is 0 Å². The van der Waals surface area contributed by atoms with Gasteiger partial charge in [-0.05, 0) is 35.1 Å². The molecule has 0 fully saturated rings. The molecule has 1 aromatic rings. The summed E-state index contributed by atoms with van der Waals surface area (Å²) in [6, 6.07) is 0. The molecule has 0 aliphatic carbocycles. The molecule has 1 heterocycles. The largest absolute Gasteiger partial charge is 0.573 e. The van der Waals surface area contributed by atoms with Gasteiger partial charge in [-0.3, -0.25) is 4.79 Å². The Bertz CT molecular complexity index is 493. The third-order valence-corrected chi connectivity index (χ3v) is 3.25. The summed E-state index contributed by atoms with van der Waals surface area (Å²) in [4.78, 5) is 15.1. The lowest BCUT2D eigenvalue weighted by Crippen LogP contribution is -2.19. The first kappa shape index (κ1) is 16.8. The van der Waals surface area contributed by atoms with Gasteiger partial charge in [0.15, 0.2) is 0 Å². The number of esters is 1. The molecule has 1 aromatic heterocycles. The summed E-state index contributed by atoms with van der Waals surface area (Å²) >= 11 is 1.64. The van der Waals surface area contributed by atoms with E-state index >= 15 is 0 Å². The minimum atomic E-state index is -4.88. The minimum absolute atomic E-state index is 0.0971. The van der Waals surface area contributed by atoms with Crippen LogP contribution in [0.1, 0.15) is 12.5 Å². The number of hydrogen-bond acceptors (Lipinski definition) is 5. The Labute approximate surface area is 126 Å². The predicted molar refractivity (Wildman–Crippen MR) is 70.5 cm³/mol. The number of carbonyl (C=O) groups excluding carboxylic acids is 1.